The Balaban J connectivity index is 1.89. The summed E-state index contributed by atoms with van der Waals surface area (Å²) >= 11 is 3.39. The molecule has 1 aromatic carbocycles. The van der Waals surface area contributed by atoms with Crippen LogP contribution in [-0.4, -0.2) is 11.5 Å². The van der Waals surface area contributed by atoms with E-state index in [0.29, 0.717) is 0 Å². The van der Waals surface area contributed by atoms with Crippen molar-refractivity contribution in [3.05, 3.63) is 64.1 Å². The van der Waals surface area contributed by atoms with Crippen molar-refractivity contribution in [3.63, 3.8) is 0 Å². The minimum atomic E-state index is -0.224. The van der Waals surface area contributed by atoms with Crippen molar-refractivity contribution in [2.45, 2.75) is 19.4 Å². The Morgan fingerprint density at radius 2 is 2.21 bits per heavy atom. The van der Waals surface area contributed by atoms with Crippen molar-refractivity contribution in [3.8, 4) is 0 Å². The zero-order chi connectivity index (χ0) is 13.7. The predicted molar refractivity (Wildman–Crippen MR) is 78.5 cm³/mol. The maximum Gasteiger partial charge on any atom is 0.124 e. The standard InChI is InChI=1S/C15H16BrFN2/c1-11(14-5-4-13(17)9-15(14)16)19-8-6-12-3-2-7-18-10-12/h2-5,7,9-11,19H,6,8H2,1H3. The van der Waals surface area contributed by atoms with Crippen molar-refractivity contribution in [2.75, 3.05) is 6.54 Å². The van der Waals surface area contributed by atoms with Crippen LogP contribution in [0.3, 0.4) is 0 Å². The SMILES string of the molecule is CC(NCCc1cccnc1)c1ccc(F)cc1Br. The van der Waals surface area contributed by atoms with Crippen LogP contribution in [0.1, 0.15) is 24.1 Å². The van der Waals surface area contributed by atoms with E-state index >= 15 is 0 Å². The van der Waals surface area contributed by atoms with Crippen LogP contribution < -0.4 is 5.32 Å². The molecule has 2 rings (SSSR count). The van der Waals surface area contributed by atoms with Crippen LogP contribution in [-0.2, 0) is 6.42 Å². The van der Waals surface area contributed by atoms with Crippen LogP contribution >= 0.6 is 15.9 Å². The summed E-state index contributed by atoms with van der Waals surface area (Å²) in [5.74, 6) is -0.224. The highest BCUT2D eigenvalue weighted by Gasteiger charge is 2.09. The molecule has 1 heterocycles. The summed E-state index contributed by atoms with van der Waals surface area (Å²) in [7, 11) is 0. The lowest BCUT2D eigenvalue weighted by Gasteiger charge is -2.15. The quantitative estimate of drug-likeness (QED) is 0.903. The second-order valence-corrected chi connectivity index (χ2v) is 5.31. The molecule has 1 atom stereocenters. The van der Waals surface area contributed by atoms with E-state index < -0.39 is 0 Å². The third-order valence-electron chi connectivity index (χ3n) is 3.02. The zero-order valence-electron chi connectivity index (χ0n) is 10.7. The summed E-state index contributed by atoms with van der Waals surface area (Å²) in [5.41, 5.74) is 2.27. The first-order valence-corrected chi connectivity index (χ1v) is 7.03. The first-order valence-electron chi connectivity index (χ1n) is 6.24. The molecule has 19 heavy (non-hydrogen) atoms. The normalized spacial score (nSPS) is 12.4. The van der Waals surface area contributed by atoms with E-state index in [1.54, 1.807) is 12.3 Å². The molecule has 0 bridgehead atoms. The molecule has 1 aromatic heterocycles. The molecule has 1 unspecified atom stereocenters. The first kappa shape index (κ1) is 14.2. The predicted octanol–water partition coefficient (Wildman–Crippen LogP) is 3.88. The van der Waals surface area contributed by atoms with Crippen LogP contribution in [0.2, 0.25) is 0 Å². The van der Waals surface area contributed by atoms with Crippen LogP contribution in [0, 0.1) is 5.82 Å². The van der Waals surface area contributed by atoms with Crippen molar-refractivity contribution < 1.29 is 4.39 Å². The lowest BCUT2D eigenvalue weighted by atomic mass is 10.1. The number of benzene rings is 1. The number of nitrogens with one attached hydrogen (secondary N) is 1. The van der Waals surface area contributed by atoms with Gasteiger partial charge in [-0.05, 0) is 49.2 Å². The fourth-order valence-corrected chi connectivity index (χ4v) is 2.64. The van der Waals surface area contributed by atoms with Gasteiger partial charge in [0.2, 0.25) is 0 Å². The molecule has 0 aliphatic rings. The highest BCUT2D eigenvalue weighted by atomic mass is 79.9. The molecule has 100 valence electrons. The molecule has 0 radical (unpaired) electrons. The average Bonchev–Trinajstić information content (AvgIpc) is 2.39. The third kappa shape index (κ3) is 4.11. The smallest absolute Gasteiger partial charge is 0.124 e. The van der Waals surface area contributed by atoms with Crippen LogP contribution in [0.25, 0.3) is 0 Å². The van der Waals surface area contributed by atoms with E-state index in [2.05, 4.69) is 39.2 Å². The summed E-state index contributed by atoms with van der Waals surface area (Å²) in [5, 5.41) is 3.43. The van der Waals surface area contributed by atoms with Gasteiger partial charge in [-0.15, -0.1) is 0 Å². The van der Waals surface area contributed by atoms with E-state index in [1.165, 1.54) is 17.7 Å². The van der Waals surface area contributed by atoms with Gasteiger partial charge >= 0.3 is 0 Å². The molecule has 0 fully saturated rings. The summed E-state index contributed by atoms with van der Waals surface area (Å²) in [6.45, 7) is 2.93. The molecule has 0 aliphatic heterocycles. The fourth-order valence-electron chi connectivity index (χ4n) is 1.94. The Bertz CT molecular complexity index is 531. The van der Waals surface area contributed by atoms with Gasteiger partial charge in [-0.1, -0.05) is 28.1 Å². The fraction of sp³-hybridized carbons (Fsp3) is 0.267. The van der Waals surface area contributed by atoms with Gasteiger partial charge in [0, 0.05) is 22.9 Å². The Morgan fingerprint density at radius 3 is 2.89 bits per heavy atom. The average molecular weight is 323 g/mol. The van der Waals surface area contributed by atoms with Gasteiger partial charge < -0.3 is 5.32 Å². The molecular formula is C15H16BrFN2. The lowest BCUT2D eigenvalue weighted by molar-refractivity contribution is 0.570. The van der Waals surface area contributed by atoms with Gasteiger partial charge in [-0.25, -0.2) is 4.39 Å². The minimum Gasteiger partial charge on any atom is -0.310 e. The molecule has 0 aliphatic carbocycles. The van der Waals surface area contributed by atoms with E-state index in [0.717, 1.165) is 23.0 Å². The summed E-state index contributed by atoms with van der Waals surface area (Å²) < 4.78 is 13.8. The number of pyridine rings is 1. The van der Waals surface area contributed by atoms with Crippen molar-refractivity contribution in [1.29, 1.82) is 0 Å². The maximum atomic E-state index is 13.0. The van der Waals surface area contributed by atoms with E-state index in [9.17, 15) is 4.39 Å². The largest absolute Gasteiger partial charge is 0.310 e. The minimum absolute atomic E-state index is 0.173. The molecule has 4 heteroatoms. The van der Waals surface area contributed by atoms with Crippen LogP contribution in [0.5, 0.6) is 0 Å². The molecule has 0 amide bonds. The first-order chi connectivity index (χ1) is 9.16. The van der Waals surface area contributed by atoms with Crippen molar-refractivity contribution >= 4 is 15.9 Å². The highest BCUT2D eigenvalue weighted by Crippen LogP contribution is 2.24. The van der Waals surface area contributed by atoms with Gasteiger partial charge in [0.25, 0.3) is 0 Å². The van der Waals surface area contributed by atoms with Gasteiger partial charge in [0.1, 0.15) is 5.82 Å². The number of hydrogen-bond donors (Lipinski definition) is 1. The second-order valence-electron chi connectivity index (χ2n) is 4.45. The molecule has 2 aromatic rings. The lowest BCUT2D eigenvalue weighted by Crippen LogP contribution is -2.21. The van der Waals surface area contributed by atoms with Gasteiger partial charge in [0.15, 0.2) is 0 Å². The van der Waals surface area contributed by atoms with Gasteiger partial charge in [-0.2, -0.15) is 0 Å². The molecule has 1 N–H and O–H groups in total. The Hall–Kier alpha value is -1.26. The Kier molecular flexibility index (Phi) is 5.05. The summed E-state index contributed by atoms with van der Waals surface area (Å²) in [6, 6.07) is 8.96. The Labute approximate surface area is 121 Å². The van der Waals surface area contributed by atoms with Crippen LogP contribution in [0.15, 0.2) is 47.2 Å². The number of nitrogens with zero attached hydrogens (tertiary/aromatic N) is 1. The number of aromatic nitrogens is 1. The maximum absolute atomic E-state index is 13.0. The van der Waals surface area contributed by atoms with Gasteiger partial charge in [0.05, 0.1) is 0 Å². The van der Waals surface area contributed by atoms with Crippen molar-refractivity contribution in [2.24, 2.45) is 0 Å². The van der Waals surface area contributed by atoms with E-state index in [-0.39, 0.29) is 11.9 Å². The number of hydrogen-bond acceptors (Lipinski definition) is 2. The third-order valence-corrected chi connectivity index (χ3v) is 3.70. The topological polar surface area (TPSA) is 24.9 Å². The highest BCUT2D eigenvalue weighted by molar-refractivity contribution is 9.10. The molecule has 2 nitrogen and oxygen atoms in total. The summed E-state index contributed by atoms with van der Waals surface area (Å²) in [4.78, 5) is 4.09. The molecular weight excluding hydrogens is 307 g/mol. The number of halogens is 2. The number of rotatable bonds is 5. The molecule has 0 saturated carbocycles. The van der Waals surface area contributed by atoms with E-state index in [4.69, 9.17) is 0 Å². The second kappa shape index (κ2) is 6.78. The van der Waals surface area contributed by atoms with Crippen molar-refractivity contribution in [1.82, 2.24) is 10.3 Å². The summed E-state index contributed by atoms with van der Waals surface area (Å²) in [6.07, 6.45) is 4.58. The Morgan fingerprint density at radius 1 is 1.37 bits per heavy atom. The monoisotopic (exact) mass is 322 g/mol. The zero-order valence-corrected chi connectivity index (χ0v) is 12.3. The van der Waals surface area contributed by atoms with E-state index in [1.807, 2.05) is 12.3 Å². The van der Waals surface area contributed by atoms with Gasteiger partial charge in [-0.3, -0.25) is 4.98 Å². The van der Waals surface area contributed by atoms with Crippen LogP contribution in [0.4, 0.5) is 4.39 Å². The molecule has 0 saturated heterocycles. The molecule has 0 spiro atoms.